The van der Waals surface area contributed by atoms with Crippen LogP contribution in [0, 0.1) is 18.3 Å². The van der Waals surface area contributed by atoms with E-state index < -0.39 is 11.7 Å². The molecule has 0 amide bonds. The van der Waals surface area contributed by atoms with Gasteiger partial charge in [-0.1, -0.05) is 36.3 Å². The second kappa shape index (κ2) is 7.31. The van der Waals surface area contributed by atoms with Gasteiger partial charge in [-0.05, 0) is 30.5 Å². The first-order valence-corrected chi connectivity index (χ1v) is 7.35. The first kappa shape index (κ1) is 16.4. The summed E-state index contributed by atoms with van der Waals surface area (Å²) >= 11 is 0. The molecule has 1 aromatic rings. The molecule has 0 aromatic heterocycles. The summed E-state index contributed by atoms with van der Waals surface area (Å²) in [6.45, 7) is 4.16. The third-order valence-corrected chi connectivity index (χ3v) is 4.11. The van der Waals surface area contributed by atoms with Gasteiger partial charge in [0.15, 0.2) is 0 Å². The molecule has 0 fully saturated rings. The fraction of sp³-hybridized carbons (Fsp3) is 0.368. The summed E-state index contributed by atoms with van der Waals surface area (Å²) < 4.78 is 11.3. The lowest BCUT2D eigenvalue weighted by Crippen LogP contribution is -2.51. The van der Waals surface area contributed by atoms with E-state index in [9.17, 15) is 5.11 Å². The second-order valence-corrected chi connectivity index (χ2v) is 5.41. The number of aliphatic hydroxyl groups excluding tert-OH is 1. The number of hydrogen-bond acceptors (Lipinski definition) is 3. The predicted molar refractivity (Wildman–Crippen MR) is 87.4 cm³/mol. The van der Waals surface area contributed by atoms with Crippen LogP contribution in [-0.4, -0.2) is 23.9 Å². The van der Waals surface area contributed by atoms with Crippen molar-refractivity contribution in [3.63, 3.8) is 0 Å². The summed E-state index contributed by atoms with van der Waals surface area (Å²) in [4.78, 5) is 0. The first-order valence-electron chi connectivity index (χ1n) is 7.35. The van der Waals surface area contributed by atoms with Crippen molar-refractivity contribution in [3.05, 3.63) is 54.6 Å². The van der Waals surface area contributed by atoms with Gasteiger partial charge in [-0.25, -0.2) is 0 Å². The summed E-state index contributed by atoms with van der Waals surface area (Å²) in [5, 5.41) is 10.4. The van der Waals surface area contributed by atoms with E-state index in [-0.39, 0.29) is 5.92 Å². The maximum atomic E-state index is 10.4. The number of methoxy groups -OCH3 is 1. The number of rotatable bonds is 6. The molecule has 1 N–H and O–H groups in total. The van der Waals surface area contributed by atoms with Crippen molar-refractivity contribution >= 4 is 0 Å². The molecule has 1 aliphatic carbocycles. The van der Waals surface area contributed by atoms with Crippen LogP contribution in [0.1, 0.15) is 18.4 Å². The Bertz CT molecular complexity index is 567. The van der Waals surface area contributed by atoms with Gasteiger partial charge in [0.2, 0.25) is 0 Å². The Kier molecular flexibility index (Phi) is 5.43. The molecular formula is C19H22O3. The number of aliphatic hydroxyl groups is 1. The van der Waals surface area contributed by atoms with E-state index in [1.54, 1.807) is 19.3 Å². The number of terminal acetylenes is 1. The number of ether oxygens (including phenoxy) is 2. The van der Waals surface area contributed by atoms with Crippen LogP contribution >= 0.6 is 0 Å². The molecule has 0 spiro atoms. The van der Waals surface area contributed by atoms with E-state index in [0.29, 0.717) is 19.4 Å². The molecule has 0 bridgehead atoms. The van der Waals surface area contributed by atoms with Gasteiger partial charge in [-0.3, -0.25) is 0 Å². The highest BCUT2D eigenvalue weighted by atomic mass is 16.5. The zero-order chi connectivity index (χ0) is 16.0. The van der Waals surface area contributed by atoms with Crippen LogP contribution in [-0.2, 0) is 11.3 Å². The third kappa shape index (κ3) is 3.24. The topological polar surface area (TPSA) is 38.7 Å². The third-order valence-electron chi connectivity index (χ3n) is 4.11. The number of allylic oxidation sites excluding steroid dienone is 1. The molecule has 22 heavy (non-hydrogen) atoms. The molecule has 116 valence electrons. The Morgan fingerprint density at radius 3 is 2.77 bits per heavy atom. The maximum Gasteiger partial charge on any atom is 0.118 e. The number of hydrogen-bond donors (Lipinski definition) is 1. The second-order valence-electron chi connectivity index (χ2n) is 5.41. The minimum absolute atomic E-state index is 0.177. The van der Waals surface area contributed by atoms with Gasteiger partial charge in [0, 0.05) is 0 Å². The SMILES string of the molecule is C#C[C@H]1CC=C[C@@H](O)[C@@]1(CC=C)OCc1ccc(OC)cc1. The molecule has 0 saturated carbocycles. The van der Waals surface area contributed by atoms with Gasteiger partial charge in [-0.2, -0.15) is 0 Å². The minimum atomic E-state index is -0.814. The molecule has 1 aromatic carbocycles. The summed E-state index contributed by atoms with van der Waals surface area (Å²) in [6.07, 6.45) is 11.5. The van der Waals surface area contributed by atoms with E-state index in [2.05, 4.69) is 12.5 Å². The summed E-state index contributed by atoms with van der Waals surface area (Å²) in [6, 6.07) is 7.65. The highest BCUT2D eigenvalue weighted by Crippen LogP contribution is 2.37. The van der Waals surface area contributed by atoms with Gasteiger partial charge in [0.05, 0.1) is 19.6 Å². The van der Waals surface area contributed by atoms with Gasteiger partial charge in [0.1, 0.15) is 17.5 Å². The monoisotopic (exact) mass is 298 g/mol. The van der Waals surface area contributed by atoms with Crippen molar-refractivity contribution in [3.8, 4) is 18.1 Å². The Morgan fingerprint density at radius 2 is 2.18 bits per heavy atom. The van der Waals surface area contributed by atoms with Crippen LogP contribution in [0.15, 0.2) is 49.1 Å². The van der Waals surface area contributed by atoms with Crippen molar-refractivity contribution in [2.75, 3.05) is 7.11 Å². The average molecular weight is 298 g/mol. The summed E-state index contributed by atoms with van der Waals surface area (Å²) in [7, 11) is 1.63. The van der Waals surface area contributed by atoms with Crippen molar-refractivity contribution in [2.24, 2.45) is 5.92 Å². The average Bonchev–Trinajstić information content (AvgIpc) is 2.56. The molecule has 2 rings (SSSR count). The molecule has 0 radical (unpaired) electrons. The van der Waals surface area contributed by atoms with E-state index in [0.717, 1.165) is 11.3 Å². The van der Waals surface area contributed by atoms with Crippen LogP contribution in [0.3, 0.4) is 0 Å². The molecule has 3 heteroatoms. The number of benzene rings is 1. The lowest BCUT2D eigenvalue weighted by atomic mass is 9.75. The van der Waals surface area contributed by atoms with Crippen LogP contribution < -0.4 is 4.74 Å². The molecular weight excluding hydrogens is 276 g/mol. The van der Waals surface area contributed by atoms with Gasteiger partial charge in [-0.15, -0.1) is 13.0 Å². The van der Waals surface area contributed by atoms with Crippen molar-refractivity contribution in [1.29, 1.82) is 0 Å². The van der Waals surface area contributed by atoms with Crippen LogP contribution in [0.2, 0.25) is 0 Å². The molecule has 0 unspecified atom stereocenters. The standard InChI is InChI=1S/C19H22O3/c1-4-13-19(16(5-2)7-6-8-18(19)20)22-14-15-9-11-17(21-3)12-10-15/h2,4,6,8-12,16,18,20H,1,7,13-14H2,3H3/t16-,18+,19-/m0/s1. The van der Waals surface area contributed by atoms with E-state index in [1.807, 2.05) is 30.3 Å². The molecule has 3 atom stereocenters. The fourth-order valence-corrected chi connectivity index (χ4v) is 2.79. The Hall–Kier alpha value is -2.02. The quantitative estimate of drug-likeness (QED) is 0.648. The molecule has 1 aliphatic rings. The maximum absolute atomic E-state index is 10.4. The smallest absolute Gasteiger partial charge is 0.118 e. The van der Waals surface area contributed by atoms with Gasteiger partial charge < -0.3 is 14.6 Å². The summed E-state index contributed by atoms with van der Waals surface area (Å²) in [5.74, 6) is 3.38. The fourth-order valence-electron chi connectivity index (χ4n) is 2.79. The molecule has 0 aliphatic heterocycles. The van der Waals surface area contributed by atoms with Crippen molar-refractivity contribution < 1.29 is 14.6 Å². The lowest BCUT2D eigenvalue weighted by molar-refractivity contribution is -0.139. The molecule has 0 heterocycles. The zero-order valence-corrected chi connectivity index (χ0v) is 12.9. The minimum Gasteiger partial charge on any atom is -0.497 e. The van der Waals surface area contributed by atoms with E-state index >= 15 is 0 Å². The van der Waals surface area contributed by atoms with Crippen LogP contribution in [0.4, 0.5) is 0 Å². The van der Waals surface area contributed by atoms with E-state index in [4.69, 9.17) is 15.9 Å². The van der Waals surface area contributed by atoms with Crippen molar-refractivity contribution in [1.82, 2.24) is 0 Å². The Morgan fingerprint density at radius 1 is 1.45 bits per heavy atom. The lowest BCUT2D eigenvalue weighted by Gasteiger charge is -2.42. The molecule has 0 saturated heterocycles. The highest BCUT2D eigenvalue weighted by Gasteiger charge is 2.45. The van der Waals surface area contributed by atoms with Crippen LogP contribution in [0.5, 0.6) is 5.75 Å². The predicted octanol–water partition coefficient (Wildman–Crippen LogP) is 3.10. The Labute approximate surface area is 132 Å². The van der Waals surface area contributed by atoms with Crippen LogP contribution in [0.25, 0.3) is 0 Å². The molecule has 3 nitrogen and oxygen atoms in total. The zero-order valence-electron chi connectivity index (χ0n) is 12.9. The Balaban J connectivity index is 2.18. The largest absolute Gasteiger partial charge is 0.497 e. The van der Waals surface area contributed by atoms with Crippen molar-refractivity contribution in [2.45, 2.75) is 31.2 Å². The van der Waals surface area contributed by atoms with E-state index in [1.165, 1.54) is 0 Å². The van der Waals surface area contributed by atoms with Gasteiger partial charge in [0.25, 0.3) is 0 Å². The highest BCUT2D eigenvalue weighted by molar-refractivity contribution is 5.27. The normalized spacial score (nSPS) is 27.1. The summed E-state index contributed by atoms with van der Waals surface area (Å²) in [5.41, 5.74) is 0.187. The van der Waals surface area contributed by atoms with Gasteiger partial charge >= 0.3 is 0 Å². The first-order chi connectivity index (χ1) is 10.7.